The molecule has 0 bridgehead atoms. The Labute approximate surface area is 489 Å². The SMILES string of the molecule is CC(C)C[C@H](NC(=O)[C@H](Cc1ccccc1)NC(=O)CNC(=O)[C@@H](C)NC(=O)[C@@H](N)Cc1ccc(O)cc1)C(=O)N(CCN)C(=O)[C@H](CC(C)C)NC(=O)[C@H](Cc1ccccc1)NC(=O)CNC(=O)[C@@H](C)NC(=O)[C@@H](N)Cc1ccc(O)cc1. The first-order valence-corrected chi connectivity index (χ1v) is 27.9. The summed E-state index contributed by atoms with van der Waals surface area (Å²) in [6.07, 6.45) is 0.166. The van der Waals surface area contributed by atoms with Gasteiger partial charge in [-0.25, -0.2) is 0 Å². The van der Waals surface area contributed by atoms with E-state index in [-0.39, 0.29) is 74.9 Å². The van der Waals surface area contributed by atoms with Gasteiger partial charge in [-0.1, -0.05) is 113 Å². The summed E-state index contributed by atoms with van der Waals surface area (Å²) in [7, 11) is 0. The Morgan fingerprint density at radius 1 is 0.417 bits per heavy atom. The second-order valence-electron chi connectivity index (χ2n) is 21.5. The van der Waals surface area contributed by atoms with Crippen LogP contribution in [0.25, 0.3) is 0 Å². The van der Waals surface area contributed by atoms with E-state index in [2.05, 4.69) is 42.5 Å². The van der Waals surface area contributed by atoms with Gasteiger partial charge in [-0.3, -0.25) is 52.8 Å². The number of nitrogens with zero attached hydrogens (tertiary/aromatic N) is 1. The number of phenols is 2. The fourth-order valence-corrected chi connectivity index (χ4v) is 8.74. The lowest BCUT2D eigenvalue weighted by Crippen LogP contribution is -2.61. The van der Waals surface area contributed by atoms with Gasteiger partial charge < -0.3 is 69.9 Å². The molecule has 454 valence electrons. The molecule has 0 aromatic heterocycles. The molecule has 24 heteroatoms. The Balaban J connectivity index is 1.47. The third kappa shape index (κ3) is 23.3. The lowest BCUT2D eigenvalue weighted by atomic mass is 9.98. The number of phenolic OH excluding ortho intramolecular Hbond substituents is 2. The molecule has 84 heavy (non-hydrogen) atoms. The minimum Gasteiger partial charge on any atom is -0.508 e. The zero-order valence-corrected chi connectivity index (χ0v) is 48.4. The molecule has 0 heterocycles. The van der Waals surface area contributed by atoms with Crippen molar-refractivity contribution in [3.05, 3.63) is 131 Å². The van der Waals surface area contributed by atoms with Crippen LogP contribution >= 0.6 is 0 Å². The predicted octanol–water partition coefficient (Wildman–Crippen LogP) is -0.390. The number of nitrogens with two attached hydrogens (primary N) is 3. The van der Waals surface area contributed by atoms with E-state index in [0.717, 1.165) is 4.90 Å². The van der Waals surface area contributed by atoms with Crippen molar-refractivity contribution in [3.63, 3.8) is 0 Å². The highest BCUT2D eigenvalue weighted by Crippen LogP contribution is 2.16. The number of amides is 10. The molecule has 16 N–H and O–H groups in total. The zero-order chi connectivity index (χ0) is 62.0. The van der Waals surface area contributed by atoms with E-state index in [1.54, 1.807) is 113 Å². The molecule has 0 unspecified atom stereocenters. The van der Waals surface area contributed by atoms with Crippen molar-refractivity contribution >= 4 is 59.1 Å². The van der Waals surface area contributed by atoms with Crippen molar-refractivity contribution in [2.75, 3.05) is 26.2 Å². The van der Waals surface area contributed by atoms with Gasteiger partial charge in [0.05, 0.1) is 25.2 Å². The van der Waals surface area contributed by atoms with E-state index >= 15 is 0 Å². The summed E-state index contributed by atoms with van der Waals surface area (Å²) in [6, 6.07) is 20.0. The van der Waals surface area contributed by atoms with E-state index < -0.39 is 120 Å². The lowest BCUT2D eigenvalue weighted by molar-refractivity contribution is -0.150. The number of imide groups is 1. The minimum absolute atomic E-state index is 0.0197. The second-order valence-corrected chi connectivity index (χ2v) is 21.5. The number of hydrogen-bond acceptors (Lipinski definition) is 15. The first-order chi connectivity index (χ1) is 39.8. The quantitative estimate of drug-likeness (QED) is 0.0296. The van der Waals surface area contributed by atoms with Crippen LogP contribution in [0.4, 0.5) is 0 Å². The van der Waals surface area contributed by atoms with Crippen molar-refractivity contribution in [1.29, 1.82) is 0 Å². The maximum atomic E-state index is 14.8. The second kappa shape index (κ2) is 34.0. The van der Waals surface area contributed by atoms with E-state index in [4.69, 9.17) is 17.2 Å². The summed E-state index contributed by atoms with van der Waals surface area (Å²) >= 11 is 0. The minimum atomic E-state index is -1.36. The molecule has 4 rings (SSSR count). The molecule has 0 radical (unpaired) electrons. The van der Waals surface area contributed by atoms with Crippen LogP contribution in [-0.2, 0) is 73.6 Å². The normalized spacial score (nSPS) is 13.9. The van der Waals surface area contributed by atoms with Crippen LogP contribution in [0.1, 0.15) is 76.6 Å². The largest absolute Gasteiger partial charge is 0.508 e. The molecule has 10 amide bonds. The van der Waals surface area contributed by atoms with E-state index in [1.165, 1.54) is 38.1 Å². The average Bonchev–Trinajstić information content (AvgIpc) is 3.57. The smallest absolute Gasteiger partial charge is 0.251 e. The molecule has 8 atom stereocenters. The van der Waals surface area contributed by atoms with Gasteiger partial charge in [0.25, 0.3) is 11.8 Å². The number of carbonyl (C=O) groups excluding carboxylic acids is 10. The molecule has 0 aliphatic carbocycles. The van der Waals surface area contributed by atoms with Gasteiger partial charge >= 0.3 is 0 Å². The van der Waals surface area contributed by atoms with Gasteiger partial charge in [-0.05, 0) is 97.9 Å². The first kappa shape index (κ1) is 67.8. The maximum Gasteiger partial charge on any atom is 0.251 e. The third-order valence-corrected chi connectivity index (χ3v) is 13.2. The summed E-state index contributed by atoms with van der Waals surface area (Å²) in [5, 5.41) is 39.8. The van der Waals surface area contributed by atoms with Crippen LogP contribution in [0, 0.1) is 11.8 Å². The van der Waals surface area contributed by atoms with Crippen molar-refractivity contribution in [2.45, 2.75) is 128 Å². The Morgan fingerprint density at radius 2 is 0.750 bits per heavy atom. The molecule has 0 aliphatic rings. The van der Waals surface area contributed by atoms with Crippen LogP contribution in [0.2, 0.25) is 0 Å². The standard InChI is InChI=1S/C60H82N12O12/c1-35(2)27-49(70-57(81)47(31-39-13-9-7-10-14-39)68-51(75)33-64-53(77)37(5)66-55(79)45(62)29-41-17-21-43(73)22-18-41)59(83)72(26-25-61)60(84)50(28-36(3)4)71-58(82)48(32-40-15-11-8-12-16-40)69-52(76)34-65-54(78)38(6)67-56(80)46(63)30-42-19-23-44(74)24-20-42/h7-24,35-38,45-50,73-74H,25-34,61-63H2,1-6H3,(H,64,77)(H,65,78)(H,66,79)(H,67,80)(H,68,75)(H,69,76)(H,70,81)(H,71,82)/t37-,38-,45+,46+,47+,48+,49+,50+/m1/s1. The Morgan fingerprint density at radius 3 is 1.07 bits per heavy atom. The third-order valence-electron chi connectivity index (χ3n) is 13.2. The highest BCUT2D eigenvalue weighted by atomic mass is 16.3. The van der Waals surface area contributed by atoms with E-state index in [9.17, 15) is 58.2 Å². The van der Waals surface area contributed by atoms with Gasteiger partial charge in [-0.15, -0.1) is 0 Å². The topological polar surface area (TPSA) is 389 Å². The summed E-state index contributed by atoms with van der Waals surface area (Å²) in [4.78, 5) is 138. The van der Waals surface area contributed by atoms with Crippen LogP contribution in [-0.4, -0.2) is 149 Å². The Bertz CT molecular complexity index is 2650. The molecule has 4 aromatic carbocycles. The summed E-state index contributed by atoms with van der Waals surface area (Å²) in [6.45, 7) is 8.24. The van der Waals surface area contributed by atoms with Gasteiger partial charge in [0.2, 0.25) is 47.3 Å². The number of carbonyl (C=O) groups is 10. The van der Waals surface area contributed by atoms with Crippen molar-refractivity contribution in [2.24, 2.45) is 29.0 Å². The molecule has 0 spiro atoms. The monoisotopic (exact) mass is 1160 g/mol. The molecule has 4 aromatic rings. The highest BCUT2D eigenvalue weighted by molar-refractivity contribution is 6.03. The Kier molecular flexibility index (Phi) is 27.4. The highest BCUT2D eigenvalue weighted by Gasteiger charge is 2.37. The van der Waals surface area contributed by atoms with Gasteiger partial charge in [0.1, 0.15) is 47.8 Å². The van der Waals surface area contributed by atoms with E-state index in [0.29, 0.717) is 22.3 Å². The average molecular weight is 1160 g/mol. The van der Waals surface area contributed by atoms with Crippen LogP contribution < -0.4 is 59.7 Å². The van der Waals surface area contributed by atoms with Crippen molar-refractivity contribution < 1.29 is 58.2 Å². The van der Waals surface area contributed by atoms with Crippen molar-refractivity contribution in [3.8, 4) is 11.5 Å². The predicted molar refractivity (Wildman–Crippen MR) is 314 cm³/mol. The molecule has 24 nitrogen and oxygen atoms in total. The number of hydrogen-bond donors (Lipinski definition) is 13. The van der Waals surface area contributed by atoms with E-state index in [1.807, 2.05) is 0 Å². The summed E-state index contributed by atoms with van der Waals surface area (Å²) in [5.41, 5.74) is 20.8. The molecule has 0 saturated heterocycles. The van der Waals surface area contributed by atoms with Gasteiger partial charge in [0.15, 0.2) is 0 Å². The number of benzene rings is 4. The molecule has 0 aliphatic heterocycles. The number of rotatable bonds is 32. The fraction of sp³-hybridized carbons (Fsp3) is 0.433. The van der Waals surface area contributed by atoms with Crippen LogP contribution in [0.3, 0.4) is 0 Å². The number of nitrogens with one attached hydrogen (secondary N) is 8. The maximum absolute atomic E-state index is 14.8. The zero-order valence-electron chi connectivity index (χ0n) is 48.4. The fourth-order valence-electron chi connectivity index (χ4n) is 8.74. The van der Waals surface area contributed by atoms with Crippen LogP contribution in [0.15, 0.2) is 109 Å². The number of aromatic hydroxyl groups is 2. The summed E-state index contributed by atoms with van der Waals surface area (Å²) < 4.78 is 0. The van der Waals surface area contributed by atoms with Gasteiger partial charge in [-0.2, -0.15) is 0 Å². The lowest BCUT2D eigenvalue weighted by Gasteiger charge is -2.32. The molecular weight excluding hydrogens is 1080 g/mol. The first-order valence-electron chi connectivity index (χ1n) is 27.9. The summed E-state index contributed by atoms with van der Waals surface area (Å²) in [5.74, 6) is -7.96. The molecular formula is C60H82N12O12. The van der Waals surface area contributed by atoms with Crippen molar-refractivity contribution in [1.82, 2.24) is 47.4 Å². The Hall–Kier alpha value is -8.74. The van der Waals surface area contributed by atoms with Crippen LogP contribution in [0.5, 0.6) is 11.5 Å². The molecule has 0 saturated carbocycles. The van der Waals surface area contributed by atoms with Gasteiger partial charge in [0, 0.05) is 25.9 Å². The molecule has 0 fully saturated rings.